The highest BCUT2D eigenvalue weighted by atomic mass is 19.1. The van der Waals surface area contributed by atoms with E-state index in [1.165, 1.54) is 6.07 Å². The third-order valence-electron chi connectivity index (χ3n) is 2.45. The minimum Gasteiger partial charge on any atom is -0.490 e. The second kappa shape index (κ2) is 2.70. The summed E-state index contributed by atoms with van der Waals surface area (Å²) in [6.07, 6.45) is 0.726. The molecule has 0 radical (unpaired) electrons. The lowest BCUT2D eigenvalue weighted by atomic mass is 9.87. The van der Waals surface area contributed by atoms with Crippen molar-refractivity contribution in [2.24, 2.45) is 5.73 Å². The van der Waals surface area contributed by atoms with Crippen LogP contribution in [0.4, 0.5) is 4.39 Å². The van der Waals surface area contributed by atoms with E-state index in [4.69, 9.17) is 10.5 Å². The molecule has 1 heterocycles. The van der Waals surface area contributed by atoms with Crippen molar-refractivity contribution in [3.63, 3.8) is 0 Å². The Morgan fingerprint density at radius 3 is 3.00 bits per heavy atom. The van der Waals surface area contributed by atoms with Crippen LogP contribution in [-0.2, 0) is 5.54 Å². The predicted molar refractivity (Wildman–Crippen MR) is 48.1 cm³/mol. The zero-order chi connectivity index (χ0) is 9.47. The summed E-state index contributed by atoms with van der Waals surface area (Å²) in [7, 11) is 0. The van der Waals surface area contributed by atoms with Gasteiger partial charge < -0.3 is 10.5 Å². The molecule has 2 nitrogen and oxygen atoms in total. The minimum atomic E-state index is -0.463. The highest BCUT2D eigenvalue weighted by molar-refractivity contribution is 5.41. The summed E-state index contributed by atoms with van der Waals surface area (Å²) in [5, 5.41) is 0. The lowest BCUT2D eigenvalue weighted by molar-refractivity contribution is 0.217. The van der Waals surface area contributed by atoms with Crippen LogP contribution in [0.2, 0.25) is 0 Å². The largest absolute Gasteiger partial charge is 0.490 e. The van der Waals surface area contributed by atoms with E-state index in [0.29, 0.717) is 12.4 Å². The molecule has 0 bridgehead atoms. The Morgan fingerprint density at radius 2 is 2.31 bits per heavy atom. The Kier molecular flexibility index (Phi) is 1.77. The lowest BCUT2D eigenvalue weighted by Crippen LogP contribution is -2.38. The van der Waals surface area contributed by atoms with Gasteiger partial charge in [-0.25, -0.2) is 4.39 Å². The van der Waals surface area contributed by atoms with Gasteiger partial charge in [0.05, 0.1) is 6.61 Å². The van der Waals surface area contributed by atoms with Gasteiger partial charge >= 0.3 is 0 Å². The van der Waals surface area contributed by atoms with Crippen LogP contribution >= 0.6 is 0 Å². The van der Waals surface area contributed by atoms with Crippen LogP contribution in [-0.4, -0.2) is 6.61 Å². The van der Waals surface area contributed by atoms with Crippen molar-refractivity contribution in [2.45, 2.75) is 18.9 Å². The van der Waals surface area contributed by atoms with E-state index in [0.717, 1.165) is 12.0 Å². The fraction of sp³-hybridized carbons (Fsp3) is 0.400. The van der Waals surface area contributed by atoms with Crippen LogP contribution in [0.15, 0.2) is 18.2 Å². The van der Waals surface area contributed by atoms with Gasteiger partial charge in [-0.05, 0) is 13.0 Å². The average molecular weight is 181 g/mol. The Morgan fingerprint density at radius 1 is 1.54 bits per heavy atom. The standard InChI is InChI=1S/C10H12FNO/c1-10(12)5-6-13-9-7(10)3-2-4-8(9)11/h2-4H,5-6,12H2,1H3. The van der Waals surface area contributed by atoms with Gasteiger partial charge in [0.25, 0.3) is 0 Å². The van der Waals surface area contributed by atoms with E-state index in [1.54, 1.807) is 6.07 Å². The highest BCUT2D eigenvalue weighted by Gasteiger charge is 2.30. The average Bonchev–Trinajstić information content (AvgIpc) is 2.06. The number of ether oxygens (including phenoxy) is 1. The summed E-state index contributed by atoms with van der Waals surface area (Å²) in [5.74, 6) is -0.00683. The number of fused-ring (bicyclic) bond motifs is 1. The second-order valence-electron chi connectivity index (χ2n) is 3.63. The van der Waals surface area contributed by atoms with Crippen LogP contribution in [0, 0.1) is 5.82 Å². The molecule has 1 aromatic carbocycles. The van der Waals surface area contributed by atoms with Crippen molar-refractivity contribution in [2.75, 3.05) is 6.61 Å². The molecule has 2 rings (SSSR count). The SMILES string of the molecule is CC1(N)CCOc2c(F)cccc21. The van der Waals surface area contributed by atoms with Crippen LogP contribution < -0.4 is 10.5 Å². The molecule has 0 spiro atoms. The van der Waals surface area contributed by atoms with Gasteiger partial charge in [0, 0.05) is 17.5 Å². The molecular weight excluding hydrogens is 169 g/mol. The van der Waals surface area contributed by atoms with Crippen molar-refractivity contribution < 1.29 is 9.13 Å². The monoisotopic (exact) mass is 181 g/mol. The summed E-state index contributed by atoms with van der Waals surface area (Å²) in [5.41, 5.74) is 6.31. The molecule has 70 valence electrons. The molecule has 3 heteroatoms. The van der Waals surface area contributed by atoms with Gasteiger partial charge in [-0.2, -0.15) is 0 Å². The van der Waals surface area contributed by atoms with E-state index in [9.17, 15) is 4.39 Å². The summed E-state index contributed by atoms with van der Waals surface area (Å²) < 4.78 is 18.5. The van der Waals surface area contributed by atoms with E-state index in [1.807, 2.05) is 13.0 Å². The van der Waals surface area contributed by atoms with E-state index in [2.05, 4.69) is 0 Å². The van der Waals surface area contributed by atoms with Crippen molar-refractivity contribution >= 4 is 0 Å². The maximum absolute atomic E-state index is 13.2. The zero-order valence-electron chi connectivity index (χ0n) is 7.51. The molecule has 0 aliphatic carbocycles. The Labute approximate surface area is 76.5 Å². The molecule has 13 heavy (non-hydrogen) atoms. The Hall–Kier alpha value is -1.09. The smallest absolute Gasteiger partial charge is 0.165 e. The van der Waals surface area contributed by atoms with Crippen molar-refractivity contribution in [1.82, 2.24) is 0 Å². The number of hydrogen-bond acceptors (Lipinski definition) is 2. The molecular formula is C10H12FNO. The molecule has 0 aromatic heterocycles. The highest BCUT2D eigenvalue weighted by Crippen LogP contribution is 2.36. The van der Waals surface area contributed by atoms with Crippen molar-refractivity contribution in [1.29, 1.82) is 0 Å². The first-order valence-electron chi connectivity index (χ1n) is 4.32. The molecule has 0 fully saturated rings. The first-order chi connectivity index (χ1) is 6.11. The van der Waals surface area contributed by atoms with Gasteiger partial charge in [0.2, 0.25) is 0 Å². The maximum Gasteiger partial charge on any atom is 0.165 e. The molecule has 1 unspecified atom stereocenters. The number of hydrogen-bond donors (Lipinski definition) is 1. The van der Waals surface area contributed by atoms with Crippen molar-refractivity contribution in [3.05, 3.63) is 29.6 Å². The third-order valence-corrected chi connectivity index (χ3v) is 2.45. The molecule has 1 aliphatic rings. The van der Waals surface area contributed by atoms with Crippen LogP contribution in [0.1, 0.15) is 18.9 Å². The fourth-order valence-electron chi connectivity index (χ4n) is 1.61. The van der Waals surface area contributed by atoms with Gasteiger partial charge in [-0.1, -0.05) is 12.1 Å². The molecule has 0 saturated carbocycles. The van der Waals surface area contributed by atoms with Gasteiger partial charge in [-0.3, -0.25) is 0 Å². The van der Waals surface area contributed by atoms with Crippen molar-refractivity contribution in [3.8, 4) is 5.75 Å². The predicted octanol–water partition coefficient (Wildman–Crippen LogP) is 1.78. The van der Waals surface area contributed by atoms with E-state index < -0.39 is 5.54 Å². The summed E-state index contributed by atoms with van der Waals surface area (Å²) in [4.78, 5) is 0. The quantitative estimate of drug-likeness (QED) is 0.662. The number of para-hydroxylation sites is 1. The number of benzene rings is 1. The fourth-order valence-corrected chi connectivity index (χ4v) is 1.61. The number of nitrogens with two attached hydrogens (primary N) is 1. The summed E-state index contributed by atoms with van der Waals surface area (Å²) in [6.45, 7) is 2.38. The van der Waals surface area contributed by atoms with Crippen LogP contribution in [0.3, 0.4) is 0 Å². The maximum atomic E-state index is 13.2. The van der Waals surface area contributed by atoms with E-state index in [-0.39, 0.29) is 5.82 Å². The number of rotatable bonds is 0. The molecule has 1 atom stereocenters. The first kappa shape index (κ1) is 8.51. The topological polar surface area (TPSA) is 35.2 Å². The second-order valence-corrected chi connectivity index (χ2v) is 3.63. The van der Waals surface area contributed by atoms with Crippen LogP contribution in [0.5, 0.6) is 5.75 Å². The molecule has 1 aromatic rings. The molecule has 2 N–H and O–H groups in total. The summed E-state index contributed by atoms with van der Waals surface area (Å²) in [6, 6.07) is 4.87. The number of halogens is 1. The summed E-state index contributed by atoms with van der Waals surface area (Å²) >= 11 is 0. The van der Waals surface area contributed by atoms with Gasteiger partial charge in [0.15, 0.2) is 11.6 Å². The minimum absolute atomic E-state index is 0.318. The van der Waals surface area contributed by atoms with Crippen LogP contribution in [0.25, 0.3) is 0 Å². The zero-order valence-corrected chi connectivity index (χ0v) is 7.51. The van der Waals surface area contributed by atoms with Gasteiger partial charge in [0.1, 0.15) is 0 Å². The molecule has 0 saturated heterocycles. The molecule has 1 aliphatic heterocycles. The molecule has 0 amide bonds. The van der Waals surface area contributed by atoms with Gasteiger partial charge in [-0.15, -0.1) is 0 Å². The first-order valence-corrected chi connectivity index (χ1v) is 4.32. The Bertz CT molecular complexity index is 336. The third kappa shape index (κ3) is 1.29. The normalized spacial score (nSPS) is 26.4. The van der Waals surface area contributed by atoms with E-state index >= 15 is 0 Å². The Balaban J connectivity index is 2.58. The lowest BCUT2D eigenvalue weighted by Gasteiger charge is -2.32.